The van der Waals surface area contributed by atoms with Crippen LogP contribution in [-0.2, 0) is 83.0 Å². The van der Waals surface area contributed by atoms with Crippen LogP contribution < -0.4 is 29.4 Å². The molecule has 0 atom stereocenters. The van der Waals surface area contributed by atoms with Gasteiger partial charge in [0.1, 0.15) is 0 Å². The summed E-state index contributed by atoms with van der Waals surface area (Å²) in [6.45, 7) is 0. The van der Waals surface area contributed by atoms with E-state index < -0.39 is 17.2 Å². The average Bonchev–Trinajstić information content (AvgIpc) is 1.25. The van der Waals surface area contributed by atoms with Crippen LogP contribution in [0.5, 0.6) is 0 Å². The van der Waals surface area contributed by atoms with Crippen LogP contribution in [0.25, 0.3) is 0 Å². The van der Waals surface area contributed by atoms with Crippen molar-refractivity contribution >= 4 is 17.2 Å². The third-order valence-corrected chi connectivity index (χ3v) is 0. The number of hydrogen-bond donors (Lipinski definition) is 0. The second-order valence-corrected chi connectivity index (χ2v) is 1.34. The summed E-state index contributed by atoms with van der Waals surface area (Å²) in [5.74, 6) is 0. The van der Waals surface area contributed by atoms with Gasteiger partial charge in [-0.15, -0.1) is 0 Å². The standard InChI is InChI=1S/3Hg.2O3P/c;;;2*1-4(2)3/q3*+2;2*-3. The molecule has 0 heterocycles. The van der Waals surface area contributed by atoms with E-state index >= 15 is 0 Å². The minimum atomic E-state index is -3.37. The first kappa shape index (κ1) is 29.3. The molecule has 0 spiro atoms. The molecule has 11 heavy (non-hydrogen) atoms. The maximum Gasteiger partial charge on any atom is 2.00 e. The first-order valence-electron chi connectivity index (χ1n) is 1.10. The van der Waals surface area contributed by atoms with Crippen molar-refractivity contribution in [3.63, 3.8) is 0 Å². The van der Waals surface area contributed by atoms with E-state index in [2.05, 4.69) is 0 Å². The zero-order valence-corrected chi connectivity index (χ0v) is 23.7. The first-order valence-corrected chi connectivity index (χ1v) is 3.29. The molecule has 0 radical (unpaired) electrons. The summed E-state index contributed by atoms with van der Waals surface area (Å²) in [7, 11) is -6.74. The predicted molar refractivity (Wildman–Crippen MR) is 13.8 cm³/mol. The molecule has 52 valence electrons. The van der Waals surface area contributed by atoms with E-state index in [1.54, 1.807) is 0 Å². The number of hydrogen-bond acceptors (Lipinski definition) is 6. The van der Waals surface area contributed by atoms with Gasteiger partial charge in [0.05, 0.1) is 0 Å². The van der Waals surface area contributed by atoms with Crippen LogP contribution in [0.4, 0.5) is 0 Å². The summed E-state index contributed by atoms with van der Waals surface area (Å²) in [6, 6.07) is 0. The predicted octanol–water partition coefficient (Wildman–Crippen LogP) is -5.42. The van der Waals surface area contributed by atoms with E-state index in [1.807, 2.05) is 0 Å². The summed E-state index contributed by atoms with van der Waals surface area (Å²) < 4.78 is 0. The fourth-order valence-corrected chi connectivity index (χ4v) is 0. The molecule has 0 aromatic heterocycles. The van der Waals surface area contributed by atoms with Crippen LogP contribution in [0.1, 0.15) is 0 Å². The van der Waals surface area contributed by atoms with Crippen LogP contribution in [0.2, 0.25) is 0 Å². The van der Waals surface area contributed by atoms with E-state index in [0.29, 0.717) is 0 Å². The van der Waals surface area contributed by atoms with Gasteiger partial charge in [0.25, 0.3) is 0 Å². The summed E-state index contributed by atoms with van der Waals surface area (Å²) in [5.41, 5.74) is 0. The van der Waals surface area contributed by atoms with E-state index in [0.717, 1.165) is 0 Å². The van der Waals surface area contributed by atoms with Crippen molar-refractivity contribution in [1.29, 1.82) is 0 Å². The van der Waals surface area contributed by atoms with Crippen LogP contribution in [0.15, 0.2) is 0 Å². The fourth-order valence-electron chi connectivity index (χ4n) is 0. The Hall–Kier alpha value is 3.43. The van der Waals surface area contributed by atoms with Crippen molar-refractivity contribution in [2.45, 2.75) is 0 Å². The minimum Gasteiger partial charge on any atom is -0.854 e. The molecule has 11 heteroatoms. The van der Waals surface area contributed by atoms with Gasteiger partial charge >= 0.3 is 83.0 Å². The van der Waals surface area contributed by atoms with Gasteiger partial charge in [-0.1, -0.05) is 0 Å². The Morgan fingerprint density at radius 1 is 0.455 bits per heavy atom. The molecule has 0 aromatic carbocycles. The van der Waals surface area contributed by atoms with Crippen molar-refractivity contribution < 1.29 is 112 Å². The van der Waals surface area contributed by atoms with Crippen LogP contribution in [-0.4, -0.2) is 0 Å². The van der Waals surface area contributed by atoms with Crippen molar-refractivity contribution in [1.82, 2.24) is 0 Å². The fraction of sp³-hybridized carbons (Fsp3) is 0. The van der Waals surface area contributed by atoms with Crippen molar-refractivity contribution in [2.75, 3.05) is 0 Å². The van der Waals surface area contributed by atoms with Gasteiger partial charge < -0.3 is 46.6 Å². The molecule has 0 aromatic rings. The summed E-state index contributed by atoms with van der Waals surface area (Å²) >= 11 is 0. The maximum atomic E-state index is 8.48. The molecule has 0 bridgehead atoms. The topological polar surface area (TPSA) is 138 Å². The minimum absolute atomic E-state index is 0. The van der Waals surface area contributed by atoms with Crippen molar-refractivity contribution in [2.24, 2.45) is 0 Å². The van der Waals surface area contributed by atoms with E-state index in [1.165, 1.54) is 0 Å². The quantitative estimate of drug-likeness (QED) is 0.179. The third kappa shape index (κ3) is 149. The van der Waals surface area contributed by atoms with Gasteiger partial charge in [-0.25, -0.2) is 0 Å². The zero-order chi connectivity index (χ0) is 7.15. The van der Waals surface area contributed by atoms with E-state index in [9.17, 15) is 0 Å². The Bertz CT molecular complexity index is 31.3. The molecule has 6 nitrogen and oxygen atoms in total. The van der Waals surface area contributed by atoms with E-state index in [4.69, 9.17) is 29.4 Å². The van der Waals surface area contributed by atoms with Gasteiger partial charge in [0.2, 0.25) is 0 Å². The first-order chi connectivity index (χ1) is 3.46. The maximum absolute atomic E-state index is 8.48. The molecular weight excluding hydrogens is 760 g/mol. The molecule has 0 aliphatic rings. The molecule has 0 unspecified atom stereocenters. The van der Waals surface area contributed by atoms with Gasteiger partial charge in [0.15, 0.2) is 0 Å². The Labute approximate surface area is 128 Å². The van der Waals surface area contributed by atoms with Crippen LogP contribution in [0, 0.1) is 0 Å². The van der Waals surface area contributed by atoms with Gasteiger partial charge in [-0.2, -0.15) is 0 Å². The largest absolute Gasteiger partial charge is 2.00 e. The normalized spacial score (nSPS) is 6.55. The molecule has 0 amide bonds. The smallest absolute Gasteiger partial charge is 0.854 e. The Kier molecular flexibility index (Phi) is 62.1. The molecule has 0 fully saturated rings. The molecule has 0 aliphatic carbocycles. The van der Waals surface area contributed by atoms with Crippen LogP contribution >= 0.6 is 17.2 Å². The Morgan fingerprint density at radius 3 is 0.455 bits per heavy atom. The van der Waals surface area contributed by atoms with Gasteiger partial charge in [-0.05, 0) is 0 Å². The number of rotatable bonds is 0. The molecule has 0 saturated carbocycles. The SMILES string of the molecule is [Hg+2].[Hg+2].[Hg+2].[O-]P([O-])[O-].[O-]P([O-])[O-]. The van der Waals surface area contributed by atoms with Crippen molar-refractivity contribution in [3.8, 4) is 0 Å². The van der Waals surface area contributed by atoms with Gasteiger partial charge in [0, 0.05) is 0 Å². The summed E-state index contributed by atoms with van der Waals surface area (Å²) in [4.78, 5) is 50.9. The third-order valence-electron chi connectivity index (χ3n) is 0. The zero-order valence-electron chi connectivity index (χ0n) is 5.47. The second kappa shape index (κ2) is 23.3. The summed E-state index contributed by atoms with van der Waals surface area (Å²) in [6.07, 6.45) is 0. The second-order valence-electron chi connectivity index (χ2n) is 0.447. The Morgan fingerprint density at radius 2 is 0.455 bits per heavy atom. The average molecular weight is 760 g/mol. The van der Waals surface area contributed by atoms with E-state index in [-0.39, 0.29) is 83.0 Å². The van der Waals surface area contributed by atoms with Crippen LogP contribution in [0.3, 0.4) is 0 Å². The Balaban J connectivity index is -0.0000000171. The monoisotopic (exact) mass is 764 g/mol. The molecule has 0 rings (SSSR count). The molecule has 0 saturated heterocycles. The molecule has 0 aliphatic heterocycles. The van der Waals surface area contributed by atoms with Crippen molar-refractivity contribution in [3.05, 3.63) is 0 Å². The molecular formula is Hg3O6P2. The van der Waals surface area contributed by atoms with Gasteiger partial charge in [-0.3, -0.25) is 0 Å². The summed E-state index contributed by atoms with van der Waals surface area (Å²) in [5, 5.41) is 0. The molecule has 0 N–H and O–H groups in total.